The van der Waals surface area contributed by atoms with Gasteiger partial charge in [0.15, 0.2) is 36.2 Å². The van der Waals surface area contributed by atoms with Crippen LogP contribution in [0.3, 0.4) is 0 Å². The van der Waals surface area contributed by atoms with Gasteiger partial charge in [0.1, 0.15) is 12.8 Å². The Balaban J connectivity index is 1.17. The van der Waals surface area contributed by atoms with E-state index in [0.717, 1.165) is 31.0 Å². The number of hydrogen-bond donors (Lipinski definition) is 0. The molecule has 0 amide bonds. The first-order chi connectivity index (χ1) is 23.7. The first-order valence-electron chi connectivity index (χ1n) is 17.2. The highest BCUT2D eigenvalue weighted by atomic mass is 19.3. The van der Waals surface area contributed by atoms with Crippen LogP contribution in [0.4, 0.5) is 39.5 Å². The minimum absolute atomic E-state index is 0.0621. The third kappa shape index (κ3) is 11.4. The topological polar surface area (TPSA) is 36.9 Å². The molecule has 2 saturated carbocycles. The van der Waals surface area contributed by atoms with Crippen LogP contribution < -0.4 is 18.9 Å². The van der Waals surface area contributed by atoms with Crippen molar-refractivity contribution in [3.63, 3.8) is 0 Å². The smallest absolute Gasteiger partial charge is 0.281 e. The molecule has 0 saturated heterocycles. The summed E-state index contributed by atoms with van der Waals surface area (Å²) in [5.41, 5.74) is 0. The van der Waals surface area contributed by atoms with Gasteiger partial charge in [0.2, 0.25) is 23.3 Å². The van der Waals surface area contributed by atoms with Crippen molar-refractivity contribution >= 4 is 0 Å². The molecule has 4 nitrogen and oxygen atoms in total. The van der Waals surface area contributed by atoms with E-state index in [1.165, 1.54) is 6.07 Å². The monoisotopic (exact) mass is 724 g/mol. The lowest BCUT2D eigenvalue weighted by Crippen LogP contribution is -2.31. The van der Waals surface area contributed by atoms with E-state index in [2.05, 4.69) is 6.58 Å². The molecule has 4 rings (SSSR count). The zero-order valence-corrected chi connectivity index (χ0v) is 28.1. The molecule has 0 heterocycles. The molecule has 2 fully saturated rings. The van der Waals surface area contributed by atoms with Gasteiger partial charge in [-0.3, -0.25) is 0 Å². The average Bonchev–Trinajstić information content (AvgIpc) is 3.07. The minimum Gasteiger partial charge on any atom is -0.491 e. The molecule has 2 aromatic carbocycles. The lowest BCUT2D eigenvalue weighted by molar-refractivity contribution is -0.0665. The summed E-state index contributed by atoms with van der Waals surface area (Å²) in [6.45, 7) is 2.59. The maximum absolute atomic E-state index is 14.8. The summed E-state index contributed by atoms with van der Waals surface area (Å²) in [6.07, 6.45) is 3.82. The van der Waals surface area contributed by atoms with Gasteiger partial charge in [-0.2, -0.15) is 17.6 Å². The molecule has 0 aromatic heterocycles. The van der Waals surface area contributed by atoms with Gasteiger partial charge in [-0.15, -0.1) is 6.58 Å². The molecule has 280 valence electrons. The number of halogens is 9. The fourth-order valence-corrected chi connectivity index (χ4v) is 6.87. The predicted octanol–water partition coefficient (Wildman–Crippen LogP) is 11.1. The van der Waals surface area contributed by atoms with E-state index in [1.54, 1.807) is 6.92 Å². The van der Waals surface area contributed by atoms with Gasteiger partial charge in [-0.25, -0.2) is 22.0 Å². The largest absolute Gasteiger partial charge is 0.491 e. The van der Waals surface area contributed by atoms with Gasteiger partial charge in [-0.05, 0) is 99.8 Å². The van der Waals surface area contributed by atoms with Gasteiger partial charge in [0.25, 0.3) is 11.8 Å². The zero-order chi connectivity index (χ0) is 36.5. The standard InChI is InChI=1S/C37H45F9O4/c1-3-23-5-9-25(10-6-23)18-36(43,44)21-49-30-15-16-31(35(42)34(30)41)50-22-37(45,46)19-26-11-7-24(8-12-26)17-27(38)20-48-29-14-13-28(47-4-2)32(39)33(29)40/h3,13-16,23-27H,1,4-12,17-22H2,2H3. The highest BCUT2D eigenvalue weighted by Gasteiger charge is 2.38. The lowest BCUT2D eigenvalue weighted by Gasteiger charge is -2.31. The van der Waals surface area contributed by atoms with E-state index in [-0.39, 0.29) is 30.6 Å². The van der Waals surface area contributed by atoms with Gasteiger partial charge < -0.3 is 18.9 Å². The molecule has 0 radical (unpaired) electrons. The molecule has 0 spiro atoms. The van der Waals surface area contributed by atoms with Gasteiger partial charge in [-0.1, -0.05) is 18.9 Å². The second kappa shape index (κ2) is 17.8. The van der Waals surface area contributed by atoms with Crippen molar-refractivity contribution in [2.75, 3.05) is 26.4 Å². The molecule has 13 heteroatoms. The molecule has 2 aliphatic rings. The number of rotatable bonds is 18. The van der Waals surface area contributed by atoms with Gasteiger partial charge in [0, 0.05) is 12.8 Å². The first kappa shape index (κ1) is 39.5. The second-order valence-electron chi connectivity index (χ2n) is 13.6. The zero-order valence-electron chi connectivity index (χ0n) is 28.1. The van der Waals surface area contributed by atoms with Crippen LogP contribution in [0.25, 0.3) is 0 Å². The summed E-state index contributed by atoms with van der Waals surface area (Å²) in [7, 11) is 0. The average molecular weight is 725 g/mol. The van der Waals surface area contributed by atoms with E-state index < -0.39 is 97.1 Å². The fraction of sp³-hybridized carbons (Fsp3) is 0.622. The Kier molecular flexibility index (Phi) is 14.1. The van der Waals surface area contributed by atoms with Crippen LogP contribution in [-0.4, -0.2) is 44.4 Å². The SMILES string of the molecule is C=CC1CCC(CC(F)(F)COc2ccc(OCC(F)(F)CC3CCC(CC(F)COc4ccc(OCC)c(F)c4F)CC3)c(F)c2F)CC1. The highest BCUT2D eigenvalue weighted by molar-refractivity contribution is 5.36. The third-order valence-electron chi connectivity index (χ3n) is 9.57. The Morgan fingerprint density at radius 3 is 1.44 bits per heavy atom. The molecule has 0 N–H and O–H groups in total. The van der Waals surface area contributed by atoms with Crippen LogP contribution in [0.1, 0.15) is 77.6 Å². The molecule has 0 bridgehead atoms. The van der Waals surface area contributed by atoms with Crippen molar-refractivity contribution in [1.29, 1.82) is 0 Å². The van der Waals surface area contributed by atoms with Crippen LogP contribution in [-0.2, 0) is 0 Å². The number of ether oxygens (including phenoxy) is 4. The highest BCUT2D eigenvalue weighted by Crippen LogP contribution is 2.40. The second-order valence-corrected chi connectivity index (χ2v) is 13.6. The van der Waals surface area contributed by atoms with E-state index in [4.69, 9.17) is 18.9 Å². The summed E-state index contributed by atoms with van der Waals surface area (Å²) in [5.74, 6) is -15.1. The van der Waals surface area contributed by atoms with E-state index >= 15 is 0 Å². The van der Waals surface area contributed by atoms with Crippen LogP contribution in [0.5, 0.6) is 23.0 Å². The summed E-state index contributed by atoms with van der Waals surface area (Å²) >= 11 is 0. The first-order valence-corrected chi connectivity index (χ1v) is 17.2. The van der Waals surface area contributed by atoms with E-state index in [9.17, 15) is 39.5 Å². The Hall–Kier alpha value is -3.25. The predicted molar refractivity (Wildman–Crippen MR) is 170 cm³/mol. The van der Waals surface area contributed by atoms with Crippen molar-refractivity contribution in [2.45, 2.75) is 95.6 Å². The minimum atomic E-state index is -3.39. The van der Waals surface area contributed by atoms with Crippen LogP contribution >= 0.6 is 0 Å². The molecule has 1 atom stereocenters. The maximum atomic E-state index is 14.8. The van der Waals surface area contributed by atoms with E-state index in [0.29, 0.717) is 44.4 Å². The molecule has 2 aromatic rings. The molecular formula is C37H45F9O4. The van der Waals surface area contributed by atoms with Crippen molar-refractivity contribution in [2.24, 2.45) is 23.7 Å². The van der Waals surface area contributed by atoms with Gasteiger partial charge >= 0.3 is 0 Å². The van der Waals surface area contributed by atoms with Crippen molar-refractivity contribution in [1.82, 2.24) is 0 Å². The molecule has 50 heavy (non-hydrogen) atoms. The number of alkyl halides is 5. The summed E-state index contributed by atoms with van der Waals surface area (Å²) in [4.78, 5) is 0. The normalized spacial score (nSPS) is 22.1. The van der Waals surface area contributed by atoms with E-state index in [1.807, 2.05) is 6.08 Å². The van der Waals surface area contributed by atoms with Crippen LogP contribution in [0.15, 0.2) is 36.9 Å². The van der Waals surface area contributed by atoms with Crippen molar-refractivity contribution in [3.05, 3.63) is 60.2 Å². The van der Waals surface area contributed by atoms with Crippen molar-refractivity contribution < 1.29 is 58.5 Å². The van der Waals surface area contributed by atoms with Gasteiger partial charge in [0.05, 0.1) is 6.61 Å². The summed E-state index contributed by atoms with van der Waals surface area (Å²) in [6, 6.07) is 4.08. The van der Waals surface area contributed by atoms with Crippen LogP contribution in [0, 0.1) is 46.9 Å². The molecule has 2 aliphatic carbocycles. The fourth-order valence-electron chi connectivity index (χ4n) is 6.87. The molecular weight excluding hydrogens is 679 g/mol. The number of benzene rings is 2. The Labute approximate surface area is 287 Å². The number of allylic oxidation sites excluding steroid dienone is 1. The Morgan fingerprint density at radius 2 is 1.02 bits per heavy atom. The van der Waals surface area contributed by atoms with Crippen molar-refractivity contribution in [3.8, 4) is 23.0 Å². The number of hydrogen-bond acceptors (Lipinski definition) is 4. The van der Waals surface area contributed by atoms with Crippen LogP contribution in [0.2, 0.25) is 0 Å². The Bertz CT molecular complexity index is 1390. The summed E-state index contributed by atoms with van der Waals surface area (Å²) < 4.78 is 151. The molecule has 1 unspecified atom stereocenters. The maximum Gasteiger partial charge on any atom is 0.281 e. The lowest BCUT2D eigenvalue weighted by atomic mass is 9.77. The quantitative estimate of drug-likeness (QED) is 0.113. The Morgan fingerprint density at radius 1 is 0.640 bits per heavy atom. The summed E-state index contributed by atoms with van der Waals surface area (Å²) in [5, 5.41) is 0. The third-order valence-corrected chi connectivity index (χ3v) is 9.57. The molecule has 0 aliphatic heterocycles.